The molecule has 0 aliphatic carbocycles. The maximum absolute atomic E-state index is 5.83. The van der Waals surface area contributed by atoms with Crippen LogP contribution in [0.15, 0.2) is 47.5 Å². The maximum atomic E-state index is 5.83. The Kier molecular flexibility index (Phi) is 4.67. The van der Waals surface area contributed by atoms with E-state index in [2.05, 4.69) is 67.9 Å². The molecule has 0 aromatic heterocycles. The van der Waals surface area contributed by atoms with Gasteiger partial charge >= 0.3 is 0 Å². The molecule has 4 nitrogen and oxygen atoms in total. The number of para-hydroxylation sites is 1. The van der Waals surface area contributed by atoms with Crippen LogP contribution in [-0.4, -0.2) is 30.5 Å². The molecule has 6 heteroatoms. The Morgan fingerprint density at radius 1 is 1.23 bits per heavy atom. The molecule has 0 saturated carbocycles. The Labute approximate surface area is 163 Å². The van der Waals surface area contributed by atoms with Crippen molar-refractivity contribution in [2.75, 3.05) is 30.3 Å². The van der Waals surface area contributed by atoms with Gasteiger partial charge in [0.15, 0.2) is 0 Å². The second kappa shape index (κ2) is 6.83. The average molecular weight is 386 g/mol. The number of benzene rings is 2. The number of nitrogens with one attached hydrogen (secondary N) is 1. The lowest BCUT2D eigenvalue weighted by Crippen LogP contribution is -2.48. The van der Waals surface area contributed by atoms with Gasteiger partial charge in [-0.25, -0.2) is 5.06 Å². The second-order valence-electron chi connectivity index (χ2n) is 6.65. The van der Waals surface area contributed by atoms with Crippen molar-refractivity contribution in [1.82, 2.24) is 0 Å². The van der Waals surface area contributed by atoms with Crippen molar-refractivity contribution in [3.63, 3.8) is 0 Å². The number of aryl methyl sites for hydroxylation is 2. The third-order valence-electron chi connectivity index (χ3n) is 5.17. The predicted molar refractivity (Wildman–Crippen MR) is 114 cm³/mol. The molecule has 0 saturated heterocycles. The van der Waals surface area contributed by atoms with Crippen molar-refractivity contribution < 1.29 is 4.84 Å². The smallest absolute Gasteiger partial charge is 0.146 e. The summed E-state index contributed by atoms with van der Waals surface area (Å²) in [6.07, 6.45) is 2.05. The van der Waals surface area contributed by atoms with Crippen LogP contribution in [0.5, 0.6) is 0 Å². The molecule has 0 unspecified atom stereocenters. The minimum atomic E-state index is -0.191. The van der Waals surface area contributed by atoms with Crippen LogP contribution in [0.25, 0.3) is 0 Å². The van der Waals surface area contributed by atoms with E-state index in [4.69, 9.17) is 9.83 Å². The summed E-state index contributed by atoms with van der Waals surface area (Å²) in [6.45, 7) is 5.03. The first kappa shape index (κ1) is 17.8. The van der Waals surface area contributed by atoms with Gasteiger partial charge in [0.25, 0.3) is 0 Å². The van der Waals surface area contributed by atoms with E-state index in [1.54, 1.807) is 18.9 Å². The number of hydroxylamine groups is 1. The zero-order valence-corrected chi connectivity index (χ0v) is 17.1. The van der Waals surface area contributed by atoms with Gasteiger partial charge in [-0.3, -0.25) is 9.83 Å². The third-order valence-corrected chi connectivity index (χ3v) is 7.64. The highest BCUT2D eigenvalue weighted by Gasteiger charge is 2.55. The lowest BCUT2D eigenvalue weighted by Gasteiger charge is -2.35. The molecule has 4 rings (SSSR count). The number of aliphatic imine (C=N–C) groups is 1. The van der Waals surface area contributed by atoms with Gasteiger partial charge in [-0.15, -0.1) is 11.8 Å². The van der Waals surface area contributed by atoms with Crippen LogP contribution in [0, 0.1) is 13.8 Å². The molecule has 0 bridgehead atoms. The van der Waals surface area contributed by atoms with E-state index in [0.29, 0.717) is 0 Å². The number of rotatable bonds is 3. The molecule has 2 aromatic rings. The summed E-state index contributed by atoms with van der Waals surface area (Å²) >= 11 is 3.56. The largest absolute Gasteiger partial charge is 0.362 e. The first-order chi connectivity index (χ1) is 12.6. The van der Waals surface area contributed by atoms with E-state index in [1.807, 2.05) is 16.8 Å². The van der Waals surface area contributed by atoms with Crippen molar-refractivity contribution in [1.29, 1.82) is 0 Å². The topological polar surface area (TPSA) is 36.9 Å². The van der Waals surface area contributed by atoms with Gasteiger partial charge in [-0.1, -0.05) is 36.0 Å². The van der Waals surface area contributed by atoms with Crippen LogP contribution in [0.2, 0.25) is 0 Å². The normalized spacial score (nSPS) is 24.1. The van der Waals surface area contributed by atoms with Gasteiger partial charge in [0.2, 0.25) is 0 Å². The van der Waals surface area contributed by atoms with Gasteiger partial charge in [0, 0.05) is 11.3 Å². The van der Waals surface area contributed by atoms with Gasteiger partial charge in [0.05, 0.1) is 19.3 Å². The quantitative estimate of drug-likeness (QED) is 0.823. The third kappa shape index (κ3) is 2.71. The van der Waals surface area contributed by atoms with Gasteiger partial charge in [-0.05, 0) is 49.4 Å². The minimum absolute atomic E-state index is 0.0367. The monoisotopic (exact) mass is 385 g/mol. The van der Waals surface area contributed by atoms with E-state index < -0.39 is 0 Å². The number of fused-ring (bicyclic) bond motifs is 2. The van der Waals surface area contributed by atoms with E-state index in [-0.39, 0.29) is 10.9 Å². The molecule has 1 N–H and O–H groups in total. The van der Waals surface area contributed by atoms with E-state index >= 15 is 0 Å². The highest BCUT2D eigenvalue weighted by molar-refractivity contribution is 8.39. The SMILES string of the molecule is CON1c2ccccc2[C@@]2(CN=C(SC)S2)[C@@H]1Nc1ccc(C)c(C)c1. The molecule has 2 heterocycles. The van der Waals surface area contributed by atoms with Crippen molar-refractivity contribution in [3.8, 4) is 0 Å². The molecule has 2 aromatic carbocycles. The summed E-state index contributed by atoms with van der Waals surface area (Å²) in [6, 6.07) is 15.0. The molecule has 136 valence electrons. The van der Waals surface area contributed by atoms with Crippen LogP contribution in [0.4, 0.5) is 11.4 Å². The van der Waals surface area contributed by atoms with Crippen molar-refractivity contribution in [2.45, 2.75) is 24.8 Å². The lowest BCUT2D eigenvalue weighted by atomic mass is 9.97. The lowest BCUT2D eigenvalue weighted by molar-refractivity contribution is 0.145. The fourth-order valence-electron chi connectivity index (χ4n) is 3.66. The highest BCUT2D eigenvalue weighted by Crippen LogP contribution is 2.56. The number of nitrogens with zero attached hydrogens (tertiary/aromatic N) is 2. The summed E-state index contributed by atoms with van der Waals surface area (Å²) in [5.41, 5.74) is 6.07. The Hall–Kier alpha value is -1.63. The molecule has 1 spiro atoms. The standard InChI is InChI=1S/C20H23N3OS2/c1-13-9-10-15(11-14(13)2)22-18-20(12-21-19(25-4)26-20)16-7-5-6-8-17(16)23(18)24-3/h5-11,18,22H,12H2,1-4H3/t18-,20+/m1/s1. The Bertz CT molecular complexity index is 870. The zero-order chi connectivity index (χ0) is 18.3. The molecule has 0 amide bonds. The molecule has 2 atom stereocenters. The van der Waals surface area contributed by atoms with Crippen molar-refractivity contribution in [2.24, 2.45) is 4.99 Å². The Morgan fingerprint density at radius 3 is 2.73 bits per heavy atom. The summed E-state index contributed by atoms with van der Waals surface area (Å²) in [5.74, 6) is 0. The van der Waals surface area contributed by atoms with Crippen LogP contribution < -0.4 is 10.4 Å². The number of hydrogen-bond donors (Lipinski definition) is 1. The van der Waals surface area contributed by atoms with Crippen LogP contribution >= 0.6 is 23.5 Å². The average Bonchev–Trinajstić information content (AvgIpc) is 3.20. The zero-order valence-electron chi connectivity index (χ0n) is 15.4. The fraction of sp³-hybridized carbons (Fsp3) is 0.350. The summed E-state index contributed by atoms with van der Waals surface area (Å²) < 4.78 is 0.939. The maximum Gasteiger partial charge on any atom is 0.146 e. The van der Waals surface area contributed by atoms with E-state index in [1.165, 1.54) is 16.7 Å². The first-order valence-electron chi connectivity index (χ1n) is 8.63. The molecule has 2 aliphatic heterocycles. The molecular formula is C20H23N3OS2. The Balaban J connectivity index is 1.77. The second-order valence-corrected chi connectivity index (χ2v) is 9.02. The molecule has 2 aliphatic rings. The van der Waals surface area contributed by atoms with Gasteiger partial charge in [0.1, 0.15) is 15.3 Å². The van der Waals surface area contributed by atoms with Crippen LogP contribution in [0.1, 0.15) is 16.7 Å². The summed E-state index contributed by atoms with van der Waals surface area (Å²) in [7, 11) is 1.74. The minimum Gasteiger partial charge on any atom is -0.362 e. The summed E-state index contributed by atoms with van der Waals surface area (Å²) in [5, 5.41) is 5.73. The first-order valence-corrected chi connectivity index (χ1v) is 10.7. The van der Waals surface area contributed by atoms with E-state index in [9.17, 15) is 0 Å². The highest BCUT2D eigenvalue weighted by atomic mass is 32.2. The molecular weight excluding hydrogens is 362 g/mol. The molecule has 0 radical (unpaired) electrons. The summed E-state index contributed by atoms with van der Waals surface area (Å²) in [4.78, 5) is 10.6. The Morgan fingerprint density at radius 2 is 2.04 bits per heavy atom. The number of anilines is 2. The van der Waals surface area contributed by atoms with Crippen LogP contribution in [-0.2, 0) is 9.58 Å². The van der Waals surface area contributed by atoms with E-state index in [0.717, 1.165) is 22.3 Å². The number of thioether (sulfide) groups is 2. The van der Waals surface area contributed by atoms with Crippen LogP contribution in [0.3, 0.4) is 0 Å². The van der Waals surface area contributed by atoms with Gasteiger partial charge < -0.3 is 5.32 Å². The van der Waals surface area contributed by atoms with Crippen molar-refractivity contribution >= 4 is 39.3 Å². The fourth-order valence-corrected chi connectivity index (χ4v) is 5.75. The number of hydrogen-bond acceptors (Lipinski definition) is 6. The van der Waals surface area contributed by atoms with Crippen molar-refractivity contribution in [3.05, 3.63) is 59.2 Å². The van der Waals surface area contributed by atoms with Gasteiger partial charge in [-0.2, -0.15) is 0 Å². The molecule has 26 heavy (non-hydrogen) atoms. The predicted octanol–water partition coefficient (Wildman–Crippen LogP) is 4.78. The molecule has 0 fully saturated rings.